The van der Waals surface area contributed by atoms with Gasteiger partial charge in [0, 0.05) is 25.6 Å². The fraction of sp³-hybridized carbons (Fsp3) is 0.533. The summed E-state index contributed by atoms with van der Waals surface area (Å²) < 4.78 is 5.75. The first-order valence-electron chi connectivity index (χ1n) is 6.85. The lowest BCUT2D eigenvalue weighted by Crippen LogP contribution is -2.43. The van der Waals surface area contributed by atoms with E-state index in [2.05, 4.69) is 29.2 Å². The quantitative estimate of drug-likeness (QED) is 0.894. The van der Waals surface area contributed by atoms with E-state index in [1.807, 2.05) is 6.07 Å². The Morgan fingerprint density at radius 1 is 1.37 bits per heavy atom. The number of rotatable bonds is 4. The van der Waals surface area contributed by atoms with E-state index >= 15 is 0 Å². The number of carboxylic acids is 1. The fourth-order valence-electron chi connectivity index (χ4n) is 2.89. The molecule has 1 aromatic carbocycles. The molecular formula is C15H19NO3. The number of carboxylic acid groups (broad SMARTS) is 1. The highest BCUT2D eigenvalue weighted by molar-refractivity contribution is 5.73. The Hall–Kier alpha value is -1.39. The van der Waals surface area contributed by atoms with Crippen molar-refractivity contribution >= 4 is 5.97 Å². The van der Waals surface area contributed by atoms with E-state index in [-0.39, 0.29) is 17.9 Å². The summed E-state index contributed by atoms with van der Waals surface area (Å²) >= 11 is 0. The van der Waals surface area contributed by atoms with Gasteiger partial charge in [0.15, 0.2) is 0 Å². The molecule has 2 aliphatic rings. The fourth-order valence-corrected chi connectivity index (χ4v) is 2.89. The number of aliphatic carboxylic acids is 1. The molecule has 1 saturated heterocycles. The van der Waals surface area contributed by atoms with Gasteiger partial charge in [-0.25, -0.2) is 0 Å². The van der Waals surface area contributed by atoms with Gasteiger partial charge in [-0.1, -0.05) is 30.3 Å². The van der Waals surface area contributed by atoms with Crippen molar-refractivity contribution in [2.75, 3.05) is 19.7 Å². The summed E-state index contributed by atoms with van der Waals surface area (Å²) in [6, 6.07) is 10.4. The van der Waals surface area contributed by atoms with E-state index in [9.17, 15) is 4.79 Å². The van der Waals surface area contributed by atoms with Crippen molar-refractivity contribution in [3.63, 3.8) is 0 Å². The third-order valence-corrected chi connectivity index (χ3v) is 4.06. The van der Waals surface area contributed by atoms with Crippen molar-refractivity contribution in [1.82, 2.24) is 4.90 Å². The normalized spacial score (nSPS) is 31.1. The van der Waals surface area contributed by atoms with E-state index in [0.717, 1.165) is 26.1 Å². The molecule has 4 nitrogen and oxygen atoms in total. The molecule has 0 amide bonds. The third kappa shape index (κ3) is 2.96. The zero-order valence-electron chi connectivity index (χ0n) is 10.9. The summed E-state index contributed by atoms with van der Waals surface area (Å²) in [4.78, 5) is 13.3. The van der Waals surface area contributed by atoms with Gasteiger partial charge in [-0.05, 0) is 12.0 Å². The highest BCUT2D eigenvalue weighted by Gasteiger charge is 2.49. The van der Waals surface area contributed by atoms with Crippen LogP contribution >= 0.6 is 0 Å². The Morgan fingerprint density at radius 2 is 2.16 bits per heavy atom. The van der Waals surface area contributed by atoms with Crippen LogP contribution in [0.3, 0.4) is 0 Å². The summed E-state index contributed by atoms with van der Waals surface area (Å²) in [6.07, 6.45) is 0.873. The molecule has 1 N–H and O–H groups in total. The summed E-state index contributed by atoms with van der Waals surface area (Å²) in [7, 11) is 0. The van der Waals surface area contributed by atoms with Crippen LogP contribution in [-0.2, 0) is 16.1 Å². The molecule has 3 rings (SSSR count). The molecule has 0 aromatic heterocycles. The molecule has 1 aliphatic heterocycles. The van der Waals surface area contributed by atoms with Gasteiger partial charge in [-0.15, -0.1) is 0 Å². The number of hydrogen-bond acceptors (Lipinski definition) is 3. The molecule has 4 heteroatoms. The van der Waals surface area contributed by atoms with Gasteiger partial charge < -0.3 is 9.84 Å². The third-order valence-electron chi connectivity index (χ3n) is 4.06. The van der Waals surface area contributed by atoms with Crippen LogP contribution in [0.2, 0.25) is 0 Å². The van der Waals surface area contributed by atoms with Gasteiger partial charge >= 0.3 is 5.97 Å². The molecule has 1 unspecified atom stereocenters. The van der Waals surface area contributed by atoms with Gasteiger partial charge in [-0.2, -0.15) is 0 Å². The first-order valence-corrected chi connectivity index (χ1v) is 6.85. The lowest BCUT2D eigenvalue weighted by molar-refractivity contribution is -0.139. The molecule has 1 heterocycles. The Morgan fingerprint density at radius 3 is 2.84 bits per heavy atom. The average Bonchev–Trinajstić information content (AvgIpc) is 3.20. The first-order chi connectivity index (χ1) is 9.24. The van der Waals surface area contributed by atoms with Gasteiger partial charge in [0.1, 0.15) is 0 Å². The number of hydrogen-bond donors (Lipinski definition) is 1. The monoisotopic (exact) mass is 261 g/mol. The summed E-state index contributed by atoms with van der Waals surface area (Å²) in [5.74, 6) is -0.633. The maximum Gasteiger partial charge on any atom is 0.306 e. The minimum atomic E-state index is -0.672. The zero-order valence-corrected chi connectivity index (χ0v) is 10.9. The molecule has 19 heavy (non-hydrogen) atoms. The Balaban J connectivity index is 1.55. The van der Waals surface area contributed by atoms with Crippen LogP contribution in [-0.4, -0.2) is 41.8 Å². The van der Waals surface area contributed by atoms with Crippen molar-refractivity contribution < 1.29 is 14.6 Å². The second-order valence-electron chi connectivity index (χ2n) is 5.47. The Bertz CT molecular complexity index is 448. The highest BCUT2D eigenvalue weighted by Crippen LogP contribution is 2.43. The van der Waals surface area contributed by atoms with Crippen LogP contribution in [0.1, 0.15) is 12.0 Å². The highest BCUT2D eigenvalue weighted by atomic mass is 16.5. The van der Waals surface area contributed by atoms with Gasteiger partial charge in [0.05, 0.1) is 18.6 Å². The van der Waals surface area contributed by atoms with E-state index < -0.39 is 5.97 Å². The zero-order chi connectivity index (χ0) is 13.2. The molecule has 1 aromatic rings. The van der Waals surface area contributed by atoms with Crippen molar-refractivity contribution in [2.24, 2.45) is 11.8 Å². The SMILES string of the molecule is O=C(O)[C@@H]1C[C@H]1C1CN(Cc2ccccc2)CCO1. The van der Waals surface area contributed by atoms with E-state index in [0.29, 0.717) is 6.61 Å². The number of benzene rings is 1. The first kappa shape index (κ1) is 12.6. The van der Waals surface area contributed by atoms with Crippen molar-refractivity contribution in [3.05, 3.63) is 35.9 Å². The standard InChI is InChI=1S/C15H19NO3/c17-15(18)13-8-12(13)14-10-16(6-7-19-14)9-11-4-2-1-3-5-11/h1-5,12-14H,6-10H2,(H,17,18)/t12-,13-,14?/m1/s1. The summed E-state index contributed by atoms with van der Waals surface area (Å²) in [5, 5.41) is 8.99. The minimum Gasteiger partial charge on any atom is -0.481 e. The van der Waals surface area contributed by atoms with E-state index in [1.54, 1.807) is 0 Å². The average molecular weight is 261 g/mol. The largest absolute Gasteiger partial charge is 0.481 e. The smallest absolute Gasteiger partial charge is 0.306 e. The predicted octanol–water partition coefficient (Wildman–Crippen LogP) is 1.61. The Labute approximate surface area is 113 Å². The maximum absolute atomic E-state index is 10.9. The van der Waals surface area contributed by atoms with Crippen LogP contribution in [0.5, 0.6) is 0 Å². The lowest BCUT2D eigenvalue weighted by Gasteiger charge is -2.33. The molecule has 0 bridgehead atoms. The van der Waals surface area contributed by atoms with E-state index in [1.165, 1.54) is 5.56 Å². The number of ether oxygens (including phenoxy) is 1. The second kappa shape index (κ2) is 5.31. The molecule has 1 aliphatic carbocycles. The number of nitrogens with zero attached hydrogens (tertiary/aromatic N) is 1. The second-order valence-corrected chi connectivity index (χ2v) is 5.47. The summed E-state index contributed by atoms with van der Waals surface area (Å²) in [6.45, 7) is 3.41. The van der Waals surface area contributed by atoms with Gasteiger partial charge in [0.25, 0.3) is 0 Å². The minimum absolute atomic E-state index is 0.0959. The van der Waals surface area contributed by atoms with E-state index in [4.69, 9.17) is 9.84 Å². The molecular weight excluding hydrogens is 242 g/mol. The van der Waals surface area contributed by atoms with Crippen molar-refractivity contribution in [2.45, 2.75) is 19.1 Å². The lowest BCUT2D eigenvalue weighted by atomic mass is 10.1. The molecule has 1 saturated carbocycles. The maximum atomic E-state index is 10.9. The van der Waals surface area contributed by atoms with Gasteiger partial charge in [-0.3, -0.25) is 9.69 Å². The number of morpholine rings is 1. The van der Waals surface area contributed by atoms with Crippen LogP contribution < -0.4 is 0 Å². The molecule has 2 fully saturated rings. The van der Waals surface area contributed by atoms with Crippen LogP contribution in [0.4, 0.5) is 0 Å². The molecule has 0 spiro atoms. The molecule has 3 atom stereocenters. The molecule has 0 radical (unpaired) electrons. The van der Waals surface area contributed by atoms with Crippen LogP contribution in [0.15, 0.2) is 30.3 Å². The topological polar surface area (TPSA) is 49.8 Å². The Kier molecular flexibility index (Phi) is 3.53. The summed E-state index contributed by atoms with van der Waals surface area (Å²) in [5.41, 5.74) is 1.30. The predicted molar refractivity (Wildman–Crippen MR) is 70.7 cm³/mol. The van der Waals surface area contributed by atoms with Crippen LogP contribution in [0.25, 0.3) is 0 Å². The number of carbonyl (C=O) groups is 1. The van der Waals surface area contributed by atoms with Gasteiger partial charge in [0.2, 0.25) is 0 Å². The van der Waals surface area contributed by atoms with Crippen molar-refractivity contribution in [1.29, 1.82) is 0 Å². The van der Waals surface area contributed by atoms with Crippen LogP contribution in [0, 0.1) is 11.8 Å². The molecule has 102 valence electrons. The van der Waals surface area contributed by atoms with Crippen molar-refractivity contribution in [3.8, 4) is 0 Å².